The summed E-state index contributed by atoms with van der Waals surface area (Å²) in [6.45, 7) is 2.80. The monoisotopic (exact) mass is 469 g/mol. The summed E-state index contributed by atoms with van der Waals surface area (Å²) >= 11 is 0. The van der Waals surface area contributed by atoms with E-state index in [9.17, 15) is 13.6 Å². The van der Waals surface area contributed by atoms with E-state index in [1.165, 1.54) is 12.3 Å². The van der Waals surface area contributed by atoms with Gasteiger partial charge in [-0.15, -0.1) is 0 Å². The minimum Gasteiger partial charge on any atom is -0.431 e. The second-order valence-corrected chi connectivity index (χ2v) is 9.30. The van der Waals surface area contributed by atoms with Crippen molar-refractivity contribution in [2.75, 3.05) is 18.8 Å². The minimum atomic E-state index is -3.00. The minimum absolute atomic E-state index is 0.109. The number of alkyl halides is 2. The predicted molar refractivity (Wildman–Crippen MR) is 120 cm³/mol. The molecule has 3 N–H and O–H groups in total. The summed E-state index contributed by atoms with van der Waals surface area (Å²) in [4.78, 5) is 22.7. The van der Waals surface area contributed by atoms with Crippen molar-refractivity contribution in [3.05, 3.63) is 54.1 Å². The van der Waals surface area contributed by atoms with Gasteiger partial charge in [0.2, 0.25) is 0 Å². The summed E-state index contributed by atoms with van der Waals surface area (Å²) < 4.78 is 31.7. The van der Waals surface area contributed by atoms with Crippen LogP contribution in [0.4, 0.5) is 19.4 Å². The molecule has 0 unspecified atom stereocenters. The number of nitrogens with zero attached hydrogens (tertiary/aromatic N) is 5. The number of pyridine rings is 2. The first-order valence-electron chi connectivity index (χ1n) is 10.9. The van der Waals surface area contributed by atoms with Crippen LogP contribution in [-0.4, -0.2) is 50.4 Å². The number of nitrogens with one attached hydrogen (secondary N) is 1. The Bertz CT molecular complexity index is 1220. The Morgan fingerprint density at radius 2 is 2.00 bits per heavy atom. The number of aromatic nitrogens is 4. The van der Waals surface area contributed by atoms with Crippen LogP contribution in [0.5, 0.6) is 5.75 Å². The molecule has 2 aliphatic rings. The lowest BCUT2D eigenvalue weighted by Crippen LogP contribution is -2.64. The van der Waals surface area contributed by atoms with Gasteiger partial charge in [0.1, 0.15) is 0 Å². The normalized spacial score (nSPS) is 16.4. The number of hydrogen-bond acceptors (Lipinski definition) is 6. The van der Waals surface area contributed by atoms with Crippen LogP contribution in [0.2, 0.25) is 0 Å². The molecular formula is C23H25F2N7O2. The molecule has 0 bridgehead atoms. The molecule has 2 aliphatic heterocycles. The molecule has 0 saturated carbocycles. The highest BCUT2D eigenvalue weighted by atomic mass is 19.3. The SMILES string of the molecule is CC(C)(NC(=O)N1CC2(CCn3nc(-c4cnc(N)c(OC(F)F)c4)cc32)C1)c1ccncc1. The van der Waals surface area contributed by atoms with Gasteiger partial charge in [0.05, 0.1) is 11.2 Å². The van der Waals surface area contributed by atoms with E-state index in [1.54, 1.807) is 17.3 Å². The van der Waals surface area contributed by atoms with Crippen LogP contribution >= 0.6 is 0 Å². The van der Waals surface area contributed by atoms with Crippen LogP contribution in [0.15, 0.2) is 42.9 Å². The molecule has 1 fully saturated rings. The van der Waals surface area contributed by atoms with Gasteiger partial charge in [-0.25, -0.2) is 9.78 Å². The third-order valence-electron chi connectivity index (χ3n) is 6.61. The van der Waals surface area contributed by atoms with Crippen molar-refractivity contribution in [2.45, 2.75) is 44.4 Å². The number of hydrogen-bond donors (Lipinski definition) is 2. The fraction of sp³-hybridized carbons (Fsp3) is 0.391. The third kappa shape index (κ3) is 3.80. The van der Waals surface area contributed by atoms with Crippen LogP contribution in [-0.2, 0) is 17.5 Å². The summed E-state index contributed by atoms with van der Waals surface area (Å²) in [7, 11) is 0. The van der Waals surface area contributed by atoms with Crippen LogP contribution < -0.4 is 15.8 Å². The summed E-state index contributed by atoms with van der Waals surface area (Å²) in [5.41, 5.74) is 8.07. The summed E-state index contributed by atoms with van der Waals surface area (Å²) in [6, 6.07) is 7.00. The van der Waals surface area contributed by atoms with E-state index in [1.807, 2.05) is 36.7 Å². The lowest BCUT2D eigenvalue weighted by molar-refractivity contribution is -0.0494. The first-order valence-corrected chi connectivity index (χ1v) is 10.9. The number of carbonyl (C=O) groups is 1. The molecule has 3 aromatic rings. The molecule has 3 aromatic heterocycles. The van der Waals surface area contributed by atoms with Crippen molar-refractivity contribution >= 4 is 11.8 Å². The molecule has 0 radical (unpaired) electrons. The Hall–Kier alpha value is -3.76. The fourth-order valence-electron chi connectivity index (χ4n) is 4.72. The zero-order chi connectivity index (χ0) is 24.1. The van der Waals surface area contributed by atoms with Gasteiger partial charge in [-0.05, 0) is 50.1 Å². The number of nitrogens with two attached hydrogens (primary N) is 1. The van der Waals surface area contributed by atoms with Crippen molar-refractivity contribution in [1.29, 1.82) is 0 Å². The maximum absolute atomic E-state index is 12.9. The Morgan fingerprint density at radius 3 is 2.71 bits per heavy atom. The number of ether oxygens (including phenoxy) is 1. The van der Waals surface area contributed by atoms with Gasteiger partial charge in [0.15, 0.2) is 11.6 Å². The number of rotatable bonds is 5. The number of urea groups is 1. The van der Waals surface area contributed by atoms with Gasteiger partial charge in [0, 0.05) is 54.9 Å². The summed E-state index contributed by atoms with van der Waals surface area (Å²) in [5, 5.41) is 7.73. The number of nitrogen functional groups attached to an aromatic ring is 1. The molecule has 5 heterocycles. The highest BCUT2D eigenvalue weighted by molar-refractivity contribution is 5.77. The molecule has 0 aliphatic carbocycles. The van der Waals surface area contributed by atoms with E-state index in [2.05, 4.69) is 25.1 Å². The maximum Gasteiger partial charge on any atom is 0.387 e. The summed E-state index contributed by atoms with van der Waals surface area (Å²) in [5.74, 6) is -0.290. The van der Waals surface area contributed by atoms with E-state index in [0.29, 0.717) is 24.3 Å². The Morgan fingerprint density at radius 1 is 1.26 bits per heavy atom. The van der Waals surface area contributed by atoms with E-state index in [4.69, 9.17) is 5.73 Å². The van der Waals surface area contributed by atoms with E-state index < -0.39 is 12.2 Å². The van der Waals surface area contributed by atoms with Gasteiger partial charge in [-0.1, -0.05) is 0 Å². The van der Waals surface area contributed by atoms with E-state index >= 15 is 0 Å². The van der Waals surface area contributed by atoms with Crippen LogP contribution in [0.25, 0.3) is 11.3 Å². The second kappa shape index (κ2) is 7.93. The number of amides is 2. The predicted octanol–water partition coefficient (Wildman–Crippen LogP) is 3.13. The number of anilines is 1. The van der Waals surface area contributed by atoms with Crippen LogP contribution in [0.3, 0.4) is 0 Å². The van der Waals surface area contributed by atoms with Crippen molar-refractivity contribution in [2.24, 2.45) is 0 Å². The molecule has 34 heavy (non-hydrogen) atoms. The first-order chi connectivity index (χ1) is 16.2. The molecular weight excluding hydrogens is 444 g/mol. The second-order valence-electron chi connectivity index (χ2n) is 9.30. The van der Waals surface area contributed by atoms with E-state index in [0.717, 1.165) is 24.2 Å². The van der Waals surface area contributed by atoms with Crippen molar-refractivity contribution in [1.82, 2.24) is 30.0 Å². The van der Waals surface area contributed by atoms with Gasteiger partial charge in [-0.3, -0.25) is 9.67 Å². The van der Waals surface area contributed by atoms with Crippen molar-refractivity contribution < 1.29 is 18.3 Å². The molecule has 5 rings (SSSR count). The topological polar surface area (TPSA) is 111 Å². The van der Waals surface area contributed by atoms with Gasteiger partial charge in [-0.2, -0.15) is 13.9 Å². The number of fused-ring (bicyclic) bond motifs is 2. The first kappa shape index (κ1) is 22.1. The van der Waals surface area contributed by atoms with Gasteiger partial charge in [0.25, 0.3) is 0 Å². The van der Waals surface area contributed by atoms with E-state index in [-0.39, 0.29) is 23.0 Å². The molecule has 1 spiro atoms. The molecule has 178 valence electrons. The van der Waals surface area contributed by atoms with Gasteiger partial charge >= 0.3 is 12.6 Å². The highest BCUT2D eigenvalue weighted by Gasteiger charge is 2.51. The lowest BCUT2D eigenvalue weighted by Gasteiger charge is -2.48. The largest absolute Gasteiger partial charge is 0.431 e. The Labute approximate surface area is 194 Å². The number of likely N-dealkylation sites (tertiary alicyclic amines) is 1. The average Bonchev–Trinajstić information content (AvgIpc) is 3.33. The average molecular weight is 469 g/mol. The number of aryl methyl sites for hydroxylation is 1. The highest BCUT2D eigenvalue weighted by Crippen LogP contribution is 2.44. The van der Waals surface area contributed by atoms with Gasteiger partial charge < -0.3 is 20.7 Å². The Kier molecular flexibility index (Phi) is 5.14. The standard InChI is InChI=1S/C23H25F2N7O2/c1-22(2,15-3-6-27-7-4-15)29-21(33)31-12-23(13-31)5-8-32-18(23)10-16(30-32)14-9-17(34-20(24)25)19(26)28-11-14/h3-4,6-7,9-11,20H,5,8,12-13H2,1-2H3,(H2,26,28)(H,29,33). The van der Waals surface area contributed by atoms with Crippen LogP contribution in [0, 0.1) is 0 Å². The van der Waals surface area contributed by atoms with Crippen molar-refractivity contribution in [3.8, 4) is 17.0 Å². The smallest absolute Gasteiger partial charge is 0.387 e. The molecule has 0 aromatic carbocycles. The lowest BCUT2D eigenvalue weighted by atomic mass is 9.76. The fourth-order valence-corrected chi connectivity index (χ4v) is 4.72. The molecule has 1 saturated heterocycles. The number of halogens is 2. The van der Waals surface area contributed by atoms with Crippen molar-refractivity contribution in [3.63, 3.8) is 0 Å². The quantitative estimate of drug-likeness (QED) is 0.594. The third-order valence-corrected chi connectivity index (χ3v) is 6.61. The molecule has 2 amide bonds. The number of carbonyl (C=O) groups excluding carboxylic acids is 1. The summed E-state index contributed by atoms with van der Waals surface area (Å²) in [6.07, 6.45) is 5.78. The molecule has 11 heteroatoms. The zero-order valence-electron chi connectivity index (χ0n) is 18.8. The molecule has 0 atom stereocenters. The Balaban J connectivity index is 1.30. The van der Waals surface area contributed by atoms with Crippen LogP contribution in [0.1, 0.15) is 31.5 Å². The maximum atomic E-state index is 12.9. The zero-order valence-corrected chi connectivity index (χ0v) is 18.8. The molecule has 9 nitrogen and oxygen atoms in total.